The highest BCUT2D eigenvalue weighted by Gasteiger charge is 2.40. The van der Waals surface area contributed by atoms with Crippen molar-refractivity contribution in [3.63, 3.8) is 0 Å². The number of anilines is 1. The van der Waals surface area contributed by atoms with E-state index in [1.54, 1.807) is 19.4 Å². The Bertz CT molecular complexity index is 530. The summed E-state index contributed by atoms with van der Waals surface area (Å²) in [5.74, 6) is -0.316. The second-order valence-electron chi connectivity index (χ2n) is 5.09. The van der Waals surface area contributed by atoms with Crippen molar-refractivity contribution in [2.45, 2.75) is 26.2 Å². The Balaban J connectivity index is 2.18. The van der Waals surface area contributed by atoms with Gasteiger partial charge in [0.15, 0.2) is 5.82 Å². The van der Waals surface area contributed by atoms with Gasteiger partial charge in [-0.15, -0.1) is 0 Å². The molecule has 1 saturated heterocycles. The molecule has 0 saturated carbocycles. The van der Waals surface area contributed by atoms with Crippen LogP contribution < -0.4 is 10.5 Å². The third-order valence-corrected chi connectivity index (χ3v) is 4.15. The number of nitrogens with zero attached hydrogens (tertiary/aromatic N) is 3. The number of piperidine rings is 1. The molecule has 6 nitrogen and oxygen atoms in total. The van der Waals surface area contributed by atoms with Gasteiger partial charge in [-0.2, -0.15) is 0 Å². The molecule has 1 aromatic rings. The van der Waals surface area contributed by atoms with Crippen LogP contribution in [0.3, 0.4) is 0 Å². The van der Waals surface area contributed by atoms with Crippen molar-refractivity contribution in [2.24, 2.45) is 12.5 Å². The molecule has 0 atom stereocenters. The van der Waals surface area contributed by atoms with Crippen molar-refractivity contribution in [1.29, 1.82) is 0 Å². The molecule has 2 rings (SSSR count). The van der Waals surface area contributed by atoms with Gasteiger partial charge < -0.3 is 14.6 Å². The first-order chi connectivity index (χ1) is 9.00. The predicted octanol–water partition coefficient (Wildman–Crippen LogP) is 0.862. The highest BCUT2D eigenvalue weighted by Crippen LogP contribution is 2.35. The molecule has 0 unspecified atom stereocenters. The van der Waals surface area contributed by atoms with Crippen LogP contribution in [0.4, 0.5) is 5.82 Å². The molecule has 1 aliphatic heterocycles. The lowest BCUT2D eigenvalue weighted by atomic mass is 9.76. The van der Waals surface area contributed by atoms with E-state index >= 15 is 0 Å². The molecule has 1 aromatic heterocycles. The summed E-state index contributed by atoms with van der Waals surface area (Å²) < 4.78 is 1.49. The van der Waals surface area contributed by atoms with Gasteiger partial charge in [0.1, 0.15) is 0 Å². The minimum absolute atomic E-state index is 0.137. The van der Waals surface area contributed by atoms with Crippen molar-refractivity contribution in [3.8, 4) is 0 Å². The number of aryl methyl sites for hydroxylation is 1. The van der Waals surface area contributed by atoms with Crippen LogP contribution in [0.1, 0.15) is 26.2 Å². The number of rotatable bonds is 3. The van der Waals surface area contributed by atoms with Gasteiger partial charge in [-0.05, 0) is 19.3 Å². The van der Waals surface area contributed by atoms with Gasteiger partial charge in [-0.25, -0.2) is 4.98 Å². The monoisotopic (exact) mass is 265 g/mol. The molecule has 0 bridgehead atoms. The largest absolute Gasteiger partial charge is 0.481 e. The smallest absolute Gasteiger partial charge is 0.309 e. The zero-order valence-corrected chi connectivity index (χ0v) is 11.3. The van der Waals surface area contributed by atoms with E-state index in [2.05, 4.69) is 4.98 Å². The molecular formula is C13H19N3O3. The van der Waals surface area contributed by atoms with E-state index in [-0.39, 0.29) is 5.56 Å². The fourth-order valence-corrected chi connectivity index (χ4v) is 2.57. The SMILES string of the molecule is CCC1(C(=O)O)CCN(c2nccn(C)c2=O)CC1. The molecule has 6 heteroatoms. The molecule has 0 amide bonds. The summed E-state index contributed by atoms with van der Waals surface area (Å²) in [5.41, 5.74) is -0.780. The van der Waals surface area contributed by atoms with Gasteiger partial charge in [0.05, 0.1) is 5.41 Å². The number of hydrogen-bond donors (Lipinski definition) is 1. The molecule has 1 N–H and O–H groups in total. The maximum atomic E-state index is 12.0. The Labute approximate surface area is 111 Å². The second kappa shape index (κ2) is 5.03. The second-order valence-corrected chi connectivity index (χ2v) is 5.09. The lowest BCUT2D eigenvalue weighted by Crippen LogP contribution is -2.46. The van der Waals surface area contributed by atoms with Crippen LogP contribution >= 0.6 is 0 Å². The highest BCUT2D eigenvalue weighted by molar-refractivity contribution is 5.75. The van der Waals surface area contributed by atoms with E-state index in [9.17, 15) is 14.7 Å². The van der Waals surface area contributed by atoms with Gasteiger partial charge in [0, 0.05) is 32.5 Å². The number of carboxylic acid groups (broad SMARTS) is 1. The van der Waals surface area contributed by atoms with Crippen LogP contribution in [0.15, 0.2) is 17.2 Å². The van der Waals surface area contributed by atoms with Crippen molar-refractivity contribution < 1.29 is 9.90 Å². The fourth-order valence-electron chi connectivity index (χ4n) is 2.57. The number of hydrogen-bond acceptors (Lipinski definition) is 4. The maximum absolute atomic E-state index is 12.0. The van der Waals surface area contributed by atoms with Gasteiger partial charge in [0.25, 0.3) is 5.56 Å². The average Bonchev–Trinajstić information content (AvgIpc) is 2.42. The fraction of sp³-hybridized carbons (Fsp3) is 0.615. The molecule has 19 heavy (non-hydrogen) atoms. The van der Waals surface area contributed by atoms with Crippen LogP contribution in [0, 0.1) is 5.41 Å². The Morgan fingerprint density at radius 2 is 2.11 bits per heavy atom. The summed E-state index contributed by atoms with van der Waals surface area (Å²) in [5, 5.41) is 9.34. The van der Waals surface area contributed by atoms with Crippen molar-refractivity contribution >= 4 is 11.8 Å². The van der Waals surface area contributed by atoms with Gasteiger partial charge in [-0.3, -0.25) is 9.59 Å². The van der Waals surface area contributed by atoms with Crippen LogP contribution in [0.25, 0.3) is 0 Å². The molecule has 0 spiro atoms. The molecule has 104 valence electrons. The number of aromatic nitrogens is 2. The number of carbonyl (C=O) groups is 1. The minimum Gasteiger partial charge on any atom is -0.481 e. The van der Waals surface area contributed by atoms with Crippen molar-refractivity contribution in [1.82, 2.24) is 9.55 Å². The first-order valence-electron chi connectivity index (χ1n) is 6.50. The number of aliphatic carboxylic acids is 1. The Morgan fingerprint density at radius 3 is 2.63 bits per heavy atom. The molecule has 2 heterocycles. The van der Waals surface area contributed by atoms with Crippen LogP contribution in [0.5, 0.6) is 0 Å². The molecule has 1 fully saturated rings. The van der Waals surface area contributed by atoms with E-state index < -0.39 is 11.4 Å². The van der Waals surface area contributed by atoms with Crippen LogP contribution in [-0.2, 0) is 11.8 Å². The molecule has 1 aliphatic rings. The van der Waals surface area contributed by atoms with Gasteiger partial charge in [0.2, 0.25) is 0 Å². The van der Waals surface area contributed by atoms with Gasteiger partial charge >= 0.3 is 5.97 Å². The lowest BCUT2D eigenvalue weighted by Gasteiger charge is -2.38. The third kappa shape index (κ3) is 2.34. The summed E-state index contributed by atoms with van der Waals surface area (Å²) in [6.45, 7) is 3.03. The van der Waals surface area contributed by atoms with E-state index in [1.807, 2.05) is 11.8 Å². The van der Waals surface area contributed by atoms with E-state index in [1.165, 1.54) is 4.57 Å². The summed E-state index contributed by atoms with van der Waals surface area (Å²) in [4.78, 5) is 29.4. The quantitative estimate of drug-likeness (QED) is 0.877. The van der Waals surface area contributed by atoms with E-state index in [0.29, 0.717) is 38.2 Å². The summed E-state index contributed by atoms with van der Waals surface area (Å²) in [6, 6.07) is 0. The molecule has 0 aromatic carbocycles. The zero-order chi connectivity index (χ0) is 14.0. The van der Waals surface area contributed by atoms with Crippen LogP contribution in [-0.4, -0.2) is 33.7 Å². The molecular weight excluding hydrogens is 246 g/mol. The van der Waals surface area contributed by atoms with Crippen LogP contribution in [0.2, 0.25) is 0 Å². The first-order valence-corrected chi connectivity index (χ1v) is 6.50. The topological polar surface area (TPSA) is 75.4 Å². The van der Waals surface area contributed by atoms with E-state index in [0.717, 1.165) is 0 Å². The third-order valence-electron chi connectivity index (χ3n) is 4.15. The minimum atomic E-state index is -0.733. The summed E-state index contributed by atoms with van der Waals surface area (Å²) in [7, 11) is 1.69. The normalized spacial score (nSPS) is 18.3. The number of carboxylic acids is 1. The zero-order valence-electron chi connectivity index (χ0n) is 11.3. The Morgan fingerprint density at radius 1 is 1.47 bits per heavy atom. The van der Waals surface area contributed by atoms with Gasteiger partial charge in [-0.1, -0.05) is 6.92 Å². The highest BCUT2D eigenvalue weighted by atomic mass is 16.4. The summed E-state index contributed by atoms with van der Waals surface area (Å²) in [6.07, 6.45) is 4.94. The van der Waals surface area contributed by atoms with Crippen molar-refractivity contribution in [3.05, 3.63) is 22.7 Å². The Hall–Kier alpha value is -1.85. The van der Waals surface area contributed by atoms with E-state index in [4.69, 9.17) is 0 Å². The predicted molar refractivity (Wildman–Crippen MR) is 71.3 cm³/mol. The Kier molecular flexibility index (Phi) is 3.59. The van der Waals surface area contributed by atoms with Crippen molar-refractivity contribution in [2.75, 3.05) is 18.0 Å². The standard InChI is InChI=1S/C13H19N3O3/c1-3-13(12(18)19)4-7-16(8-5-13)10-11(17)15(2)9-6-14-10/h6,9H,3-5,7-8H2,1-2H3,(H,18,19). The maximum Gasteiger partial charge on any atom is 0.309 e. The molecule has 0 radical (unpaired) electrons. The summed E-state index contributed by atoms with van der Waals surface area (Å²) >= 11 is 0. The molecule has 0 aliphatic carbocycles. The first kappa shape index (κ1) is 13.6. The lowest BCUT2D eigenvalue weighted by molar-refractivity contribution is -0.150. The average molecular weight is 265 g/mol.